The molecule has 3 heterocycles. The summed E-state index contributed by atoms with van der Waals surface area (Å²) in [6.45, 7) is 4.70. The first kappa shape index (κ1) is 30.2. The largest absolute Gasteiger partial charge is 0.454 e. The molecule has 53 heavy (non-hydrogen) atoms. The number of para-hydroxylation sites is 2. The third kappa shape index (κ3) is 4.44. The van der Waals surface area contributed by atoms with Crippen molar-refractivity contribution in [1.29, 1.82) is 0 Å². The summed E-state index contributed by atoms with van der Waals surface area (Å²) >= 11 is 0. The van der Waals surface area contributed by atoms with Crippen molar-refractivity contribution < 1.29 is 4.42 Å². The summed E-state index contributed by atoms with van der Waals surface area (Å²) in [7, 11) is 0. The molecular weight excluding hydrogens is 649 g/mol. The number of fused-ring (bicyclic) bond motifs is 9. The molecule has 254 valence electrons. The zero-order valence-corrected chi connectivity index (χ0v) is 29.5. The van der Waals surface area contributed by atoms with Crippen molar-refractivity contribution >= 4 is 49.6 Å². The van der Waals surface area contributed by atoms with Gasteiger partial charge in [-0.05, 0) is 58.1 Å². The lowest BCUT2D eigenvalue weighted by Crippen LogP contribution is -2.45. The Hall–Kier alpha value is -6.43. The number of hydrogen-bond donors (Lipinski definition) is 2. The van der Waals surface area contributed by atoms with Crippen LogP contribution in [0.4, 0.5) is 0 Å². The molecule has 2 aliphatic rings. The zero-order chi connectivity index (χ0) is 35.3. The summed E-state index contributed by atoms with van der Waals surface area (Å²) in [5.41, 5.74) is 13.7. The minimum Gasteiger partial charge on any atom is -0.454 e. The van der Waals surface area contributed by atoms with Crippen molar-refractivity contribution in [2.24, 2.45) is 4.99 Å². The molecule has 0 fully saturated rings. The number of amidine groups is 1. The topological polar surface area (TPSA) is 54.5 Å². The van der Waals surface area contributed by atoms with Gasteiger partial charge in [0.05, 0.1) is 16.7 Å². The molecular formula is C48H36N4O. The van der Waals surface area contributed by atoms with E-state index in [9.17, 15) is 0 Å². The minimum absolute atomic E-state index is 0.0791. The Kier molecular flexibility index (Phi) is 6.43. The average molecular weight is 685 g/mol. The number of furan rings is 1. The summed E-state index contributed by atoms with van der Waals surface area (Å²) < 4.78 is 9.34. The predicted octanol–water partition coefficient (Wildman–Crippen LogP) is 11.3. The predicted molar refractivity (Wildman–Crippen MR) is 217 cm³/mol. The molecule has 0 spiro atoms. The van der Waals surface area contributed by atoms with Crippen LogP contribution in [0.15, 0.2) is 167 Å². The molecule has 0 saturated carbocycles. The highest BCUT2D eigenvalue weighted by atomic mass is 16.3. The third-order valence-corrected chi connectivity index (χ3v) is 11.5. The Balaban J connectivity index is 1.12. The maximum atomic E-state index is 6.94. The Morgan fingerprint density at radius 1 is 0.623 bits per heavy atom. The van der Waals surface area contributed by atoms with E-state index in [1.165, 1.54) is 38.5 Å². The highest BCUT2D eigenvalue weighted by Crippen LogP contribution is 2.51. The van der Waals surface area contributed by atoms with E-state index in [-0.39, 0.29) is 17.7 Å². The van der Waals surface area contributed by atoms with Gasteiger partial charge in [-0.1, -0.05) is 141 Å². The molecule has 5 heteroatoms. The van der Waals surface area contributed by atoms with Crippen LogP contribution in [0.1, 0.15) is 54.0 Å². The van der Waals surface area contributed by atoms with E-state index < -0.39 is 0 Å². The van der Waals surface area contributed by atoms with Crippen molar-refractivity contribution in [1.82, 2.24) is 15.2 Å². The van der Waals surface area contributed by atoms with Gasteiger partial charge in [0.1, 0.15) is 23.8 Å². The summed E-state index contributed by atoms with van der Waals surface area (Å²) in [6.07, 6.45) is -0.448. The SMILES string of the molecule is CC1(C)c2ccccc2-c2cc3c(cc21)c1ccccc1n3-c1cccc2c1oc1cccc(C3NC(c4ccccc4)=NC(c4ccccc4)N3)c12. The monoisotopic (exact) mass is 684 g/mol. The summed E-state index contributed by atoms with van der Waals surface area (Å²) in [5.74, 6) is 0.858. The second-order valence-corrected chi connectivity index (χ2v) is 14.8. The molecule has 1 aliphatic heterocycles. The highest BCUT2D eigenvalue weighted by Gasteiger charge is 2.36. The smallest absolute Gasteiger partial charge is 0.159 e. The first-order valence-electron chi connectivity index (χ1n) is 18.4. The number of nitrogens with one attached hydrogen (secondary N) is 2. The zero-order valence-electron chi connectivity index (χ0n) is 29.5. The summed E-state index contributed by atoms with van der Waals surface area (Å²) in [5, 5.41) is 12.2. The molecule has 2 unspecified atom stereocenters. The normalized spacial score (nSPS) is 17.6. The molecule has 5 nitrogen and oxygen atoms in total. The van der Waals surface area contributed by atoms with Gasteiger partial charge in [-0.25, -0.2) is 4.99 Å². The van der Waals surface area contributed by atoms with Gasteiger partial charge in [0.2, 0.25) is 0 Å². The second kappa shape index (κ2) is 11.3. The van der Waals surface area contributed by atoms with Crippen LogP contribution in [0.2, 0.25) is 0 Å². The number of aliphatic imine (C=N–C) groups is 1. The lowest BCUT2D eigenvalue weighted by atomic mass is 9.82. The third-order valence-electron chi connectivity index (χ3n) is 11.5. The Morgan fingerprint density at radius 2 is 1.36 bits per heavy atom. The fourth-order valence-corrected chi connectivity index (χ4v) is 8.97. The van der Waals surface area contributed by atoms with Crippen LogP contribution in [-0.4, -0.2) is 10.4 Å². The minimum atomic E-state index is -0.226. The molecule has 0 bridgehead atoms. The molecule has 9 aromatic rings. The maximum Gasteiger partial charge on any atom is 0.159 e. The quantitative estimate of drug-likeness (QED) is 0.194. The van der Waals surface area contributed by atoms with Crippen LogP contribution in [0.3, 0.4) is 0 Å². The van der Waals surface area contributed by atoms with E-state index in [1.54, 1.807) is 0 Å². The van der Waals surface area contributed by atoms with Gasteiger partial charge in [-0.3, -0.25) is 5.32 Å². The molecule has 0 amide bonds. The number of nitrogens with zero attached hydrogens (tertiary/aromatic N) is 2. The van der Waals surface area contributed by atoms with Crippen molar-refractivity contribution in [2.75, 3.05) is 0 Å². The van der Waals surface area contributed by atoms with Crippen LogP contribution < -0.4 is 10.6 Å². The van der Waals surface area contributed by atoms with E-state index in [2.05, 4.69) is 175 Å². The van der Waals surface area contributed by atoms with Crippen LogP contribution >= 0.6 is 0 Å². The highest BCUT2D eigenvalue weighted by molar-refractivity contribution is 6.14. The van der Waals surface area contributed by atoms with E-state index >= 15 is 0 Å². The van der Waals surface area contributed by atoms with Crippen LogP contribution in [0.25, 0.3) is 60.6 Å². The van der Waals surface area contributed by atoms with Gasteiger partial charge >= 0.3 is 0 Å². The van der Waals surface area contributed by atoms with Crippen molar-refractivity contribution in [2.45, 2.75) is 31.6 Å². The summed E-state index contributed by atoms with van der Waals surface area (Å²) in [6, 6.07) is 56.3. The van der Waals surface area contributed by atoms with E-state index in [1.807, 2.05) is 12.1 Å². The molecule has 0 saturated heterocycles. The average Bonchev–Trinajstić information content (AvgIpc) is 3.83. The molecule has 1 aliphatic carbocycles. The van der Waals surface area contributed by atoms with E-state index in [0.717, 1.165) is 55.7 Å². The van der Waals surface area contributed by atoms with Crippen molar-refractivity contribution in [3.63, 3.8) is 0 Å². The van der Waals surface area contributed by atoms with Crippen molar-refractivity contribution in [3.8, 4) is 16.8 Å². The molecule has 2 atom stereocenters. The van der Waals surface area contributed by atoms with E-state index in [4.69, 9.17) is 9.41 Å². The number of aromatic nitrogens is 1. The number of rotatable bonds is 4. The van der Waals surface area contributed by atoms with Gasteiger partial charge in [-0.2, -0.15) is 0 Å². The molecule has 2 N–H and O–H groups in total. The first-order chi connectivity index (χ1) is 26.0. The Morgan fingerprint density at radius 3 is 2.23 bits per heavy atom. The molecule has 11 rings (SSSR count). The van der Waals surface area contributed by atoms with Gasteiger partial charge < -0.3 is 14.3 Å². The lowest BCUT2D eigenvalue weighted by Gasteiger charge is -2.32. The molecule has 0 radical (unpaired) electrons. The van der Waals surface area contributed by atoms with Crippen LogP contribution in [-0.2, 0) is 5.41 Å². The van der Waals surface area contributed by atoms with Gasteiger partial charge in [0, 0.05) is 38.1 Å². The van der Waals surface area contributed by atoms with Gasteiger partial charge in [0.25, 0.3) is 0 Å². The summed E-state index contributed by atoms with van der Waals surface area (Å²) in [4.78, 5) is 5.15. The second-order valence-electron chi connectivity index (χ2n) is 14.8. The number of hydrogen-bond acceptors (Lipinski definition) is 4. The van der Waals surface area contributed by atoms with Crippen LogP contribution in [0.5, 0.6) is 0 Å². The Labute approximate surface area is 307 Å². The van der Waals surface area contributed by atoms with E-state index in [0.29, 0.717) is 0 Å². The fourth-order valence-electron chi connectivity index (χ4n) is 8.97. The number of benzene rings is 7. The standard InChI is InChI=1S/C48H36N4O/c1-48(2)37-23-11-9-19-31(37)35-28-41-36(27-38(35)48)32-20-10-12-24-39(32)52(41)40-25-13-21-33-43-34(22-14-26-42(43)53-44(33)40)47-50-45(29-15-5-3-6-16-29)49-46(51-47)30-17-7-4-8-18-30/h3-28,45,47,50H,1-2H3,(H,49,51). The van der Waals surface area contributed by atoms with Gasteiger partial charge in [0.15, 0.2) is 5.58 Å². The van der Waals surface area contributed by atoms with Crippen molar-refractivity contribution in [3.05, 3.63) is 186 Å². The first-order valence-corrected chi connectivity index (χ1v) is 18.4. The molecule has 7 aromatic carbocycles. The lowest BCUT2D eigenvalue weighted by molar-refractivity contribution is 0.411. The maximum absolute atomic E-state index is 6.94. The fraction of sp³-hybridized carbons (Fsp3) is 0.104. The Bertz CT molecular complexity index is 2930. The molecule has 2 aromatic heterocycles. The van der Waals surface area contributed by atoms with Gasteiger partial charge in [-0.15, -0.1) is 0 Å². The van der Waals surface area contributed by atoms with Crippen LogP contribution in [0, 0.1) is 0 Å².